The molecule has 1 aliphatic heterocycles. The summed E-state index contributed by atoms with van der Waals surface area (Å²) in [6.07, 6.45) is 5.09. The van der Waals surface area contributed by atoms with Crippen LogP contribution in [0.15, 0.2) is 0 Å². The Morgan fingerprint density at radius 2 is 2.29 bits per heavy atom. The van der Waals surface area contributed by atoms with E-state index in [0.29, 0.717) is 6.04 Å². The summed E-state index contributed by atoms with van der Waals surface area (Å²) in [6, 6.07) is 0.657. The Morgan fingerprint density at radius 3 is 3.00 bits per heavy atom. The number of thioether (sulfide) groups is 1. The topological polar surface area (TPSA) is 43.8 Å². The maximum Gasteiger partial charge on any atom is 0.149 e. The lowest BCUT2D eigenvalue weighted by Gasteiger charge is -2.28. The molecule has 4 heteroatoms. The highest BCUT2D eigenvalue weighted by Gasteiger charge is 2.27. The summed E-state index contributed by atoms with van der Waals surface area (Å²) < 4.78 is 2.22. The van der Waals surface area contributed by atoms with Crippen molar-refractivity contribution in [1.82, 2.24) is 9.78 Å². The van der Waals surface area contributed by atoms with Gasteiger partial charge in [-0.25, -0.2) is 0 Å². The molecule has 0 spiro atoms. The summed E-state index contributed by atoms with van der Waals surface area (Å²) in [5.41, 5.74) is 8.67. The van der Waals surface area contributed by atoms with Crippen molar-refractivity contribution >= 4 is 17.6 Å². The number of nitrogens with two attached hydrogens (primary N) is 1. The highest BCUT2D eigenvalue weighted by Crippen LogP contribution is 2.37. The molecular weight excluding hydrogens is 194 g/mol. The van der Waals surface area contributed by atoms with Crippen LogP contribution in [0.2, 0.25) is 0 Å². The van der Waals surface area contributed by atoms with Crippen molar-refractivity contribution in [2.24, 2.45) is 0 Å². The average molecular weight is 209 g/mol. The number of nitrogens with zero attached hydrogens (tertiary/aromatic N) is 2. The van der Waals surface area contributed by atoms with Crippen LogP contribution in [0.25, 0.3) is 0 Å². The first-order chi connectivity index (χ1) is 6.86. The number of anilines is 1. The van der Waals surface area contributed by atoms with Crippen LogP contribution >= 0.6 is 11.8 Å². The minimum Gasteiger partial charge on any atom is -0.382 e. The van der Waals surface area contributed by atoms with Gasteiger partial charge >= 0.3 is 0 Å². The van der Waals surface area contributed by atoms with Crippen LogP contribution in [0.3, 0.4) is 0 Å². The highest BCUT2D eigenvalue weighted by molar-refractivity contribution is 7.98. The van der Waals surface area contributed by atoms with Gasteiger partial charge < -0.3 is 5.73 Å². The van der Waals surface area contributed by atoms with Gasteiger partial charge in [-0.1, -0.05) is 0 Å². The third-order valence-electron chi connectivity index (χ3n) is 3.30. The molecule has 0 amide bonds. The Kier molecular flexibility index (Phi) is 1.97. The summed E-state index contributed by atoms with van der Waals surface area (Å²) in [7, 11) is 0. The minimum absolute atomic E-state index is 0.657. The fourth-order valence-corrected chi connectivity index (χ4v) is 3.22. The van der Waals surface area contributed by atoms with Gasteiger partial charge in [0.05, 0.1) is 6.04 Å². The molecule has 0 aromatic carbocycles. The highest BCUT2D eigenvalue weighted by atomic mass is 32.2. The van der Waals surface area contributed by atoms with Crippen molar-refractivity contribution in [3.05, 3.63) is 11.3 Å². The molecule has 0 atom stereocenters. The van der Waals surface area contributed by atoms with Crippen LogP contribution < -0.4 is 5.73 Å². The summed E-state index contributed by atoms with van der Waals surface area (Å²) in [4.78, 5) is 0. The van der Waals surface area contributed by atoms with Crippen LogP contribution in [0.5, 0.6) is 0 Å². The average Bonchev–Trinajstić information content (AvgIpc) is 2.43. The molecule has 1 aromatic heterocycles. The van der Waals surface area contributed by atoms with Gasteiger partial charge in [-0.15, -0.1) is 0 Å². The molecule has 14 heavy (non-hydrogen) atoms. The molecule has 0 saturated heterocycles. The first-order valence-electron chi connectivity index (χ1n) is 5.30. The fraction of sp³-hybridized carbons (Fsp3) is 0.700. The quantitative estimate of drug-likeness (QED) is 0.769. The van der Waals surface area contributed by atoms with Gasteiger partial charge in [0.1, 0.15) is 5.82 Å². The molecule has 1 saturated carbocycles. The molecule has 2 heterocycles. The molecule has 1 aliphatic carbocycles. The second-order valence-corrected chi connectivity index (χ2v) is 5.25. The van der Waals surface area contributed by atoms with Gasteiger partial charge in [0.15, 0.2) is 0 Å². The monoisotopic (exact) mass is 209 g/mol. The number of aromatic nitrogens is 2. The molecule has 1 aromatic rings. The summed E-state index contributed by atoms with van der Waals surface area (Å²) in [5, 5.41) is 4.50. The third-order valence-corrected chi connectivity index (χ3v) is 4.29. The predicted molar refractivity (Wildman–Crippen MR) is 59.4 cm³/mol. The largest absolute Gasteiger partial charge is 0.382 e. The maximum atomic E-state index is 5.93. The first kappa shape index (κ1) is 8.65. The van der Waals surface area contributed by atoms with Crippen LogP contribution in [-0.2, 0) is 12.2 Å². The molecule has 1 fully saturated rings. The second kappa shape index (κ2) is 3.19. The van der Waals surface area contributed by atoms with Crippen LogP contribution in [0.4, 0.5) is 5.82 Å². The number of nitrogen functional groups attached to an aromatic ring is 1. The van der Waals surface area contributed by atoms with Crippen LogP contribution in [0, 0.1) is 0 Å². The van der Waals surface area contributed by atoms with Crippen molar-refractivity contribution in [2.75, 3.05) is 11.5 Å². The zero-order valence-electron chi connectivity index (χ0n) is 8.20. The van der Waals surface area contributed by atoms with Crippen molar-refractivity contribution in [1.29, 1.82) is 0 Å². The first-order valence-corrected chi connectivity index (χ1v) is 6.45. The van der Waals surface area contributed by atoms with E-state index in [1.165, 1.54) is 36.3 Å². The molecule has 0 bridgehead atoms. The zero-order chi connectivity index (χ0) is 9.54. The predicted octanol–water partition coefficient (Wildman–Crippen LogP) is 1.98. The number of rotatable bonds is 1. The van der Waals surface area contributed by atoms with Crippen molar-refractivity contribution < 1.29 is 0 Å². The minimum atomic E-state index is 0.657. The normalized spacial score (nSPS) is 21.7. The molecule has 76 valence electrons. The molecule has 0 unspecified atom stereocenters. The lowest BCUT2D eigenvalue weighted by Crippen LogP contribution is -2.21. The van der Waals surface area contributed by atoms with Gasteiger partial charge in [-0.05, 0) is 31.4 Å². The molecular formula is C10H15N3S. The van der Waals surface area contributed by atoms with Gasteiger partial charge in [-0.3, -0.25) is 4.68 Å². The van der Waals surface area contributed by atoms with E-state index < -0.39 is 0 Å². The van der Waals surface area contributed by atoms with Crippen molar-refractivity contribution in [2.45, 2.75) is 37.5 Å². The standard InChI is InChI=1S/C10H15N3S/c11-10-8-6-14-5-4-9(8)13(12-10)7-2-1-3-7/h7H,1-6H2,(H2,11,12). The van der Waals surface area contributed by atoms with Crippen LogP contribution in [0.1, 0.15) is 36.6 Å². The molecule has 2 N–H and O–H groups in total. The number of hydrogen-bond acceptors (Lipinski definition) is 3. The van der Waals surface area contributed by atoms with Gasteiger partial charge in [-0.2, -0.15) is 16.9 Å². The molecule has 3 nitrogen and oxygen atoms in total. The molecule has 2 aliphatic rings. The lowest BCUT2D eigenvalue weighted by molar-refractivity contribution is 0.283. The Balaban J connectivity index is 2.02. The fourth-order valence-electron chi connectivity index (χ4n) is 2.22. The van der Waals surface area contributed by atoms with Crippen LogP contribution in [-0.4, -0.2) is 15.5 Å². The van der Waals surface area contributed by atoms with E-state index in [1.54, 1.807) is 0 Å². The number of fused-ring (bicyclic) bond motifs is 1. The van der Waals surface area contributed by atoms with E-state index in [-0.39, 0.29) is 0 Å². The smallest absolute Gasteiger partial charge is 0.149 e. The summed E-state index contributed by atoms with van der Waals surface area (Å²) in [6.45, 7) is 0. The van der Waals surface area contributed by atoms with E-state index in [4.69, 9.17) is 5.73 Å². The lowest BCUT2D eigenvalue weighted by atomic mass is 9.93. The third kappa shape index (κ3) is 1.16. The van der Waals surface area contributed by atoms with E-state index in [1.807, 2.05) is 11.8 Å². The zero-order valence-corrected chi connectivity index (χ0v) is 9.02. The summed E-state index contributed by atoms with van der Waals surface area (Å²) >= 11 is 1.97. The Morgan fingerprint density at radius 1 is 1.43 bits per heavy atom. The SMILES string of the molecule is Nc1nn(C2CCC2)c2c1CSCC2. The number of hydrogen-bond donors (Lipinski definition) is 1. The Labute approximate surface area is 88.0 Å². The van der Waals surface area contributed by atoms with Gasteiger partial charge in [0, 0.05) is 17.0 Å². The second-order valence-electron chi connectivity index (χ2n) is 4.14. The molecule has 0 radical (unpaired) electrons. The van der Waals surface area contributed by atoms with Crippen molar-refractivity contribution in [3.8, 4) is 0 Å². The van der Waals surface area contributed by atoms with E-state index in [2.05, 4.69) is 9.78 Å². The van der Waals surface area contributed by atoms with E-state index in [9.17, 15) is 0 Å². The van der Waals surface area contributed by atoms with E-state index in [0.717, 1.165) is 18.0 Å². The van der Waals surface area contributed by atoms with Crippen molar-refractivity contribution in [3.63, 3.8) is 0 Å². The van der Waals surface area contributed by atoms with E-state index >= 15 is 0 Å². The molecule has 3 rings (SSSR count). The van der Waals surface area contributed by atoms with Gasteiger partial charge in [0.2, 0.25) is 0 Å². The maximum absolute atomic E-state index is 5.93. The Bertz CT molecular complexity index is 354. The Hall–Kier alpha value is -0.640. The van der Waals surface area contributed by atoms with Gasteiger partial charge in [0.25, 0.3) is 0 Å². The summed E-state index contributed by atoms with van der Waals surface area (Å²) in [5.74, 6) is 3.07.